The number of rotatable bonds is 2. The van der Waals surface area contributed by atoms with Crippen molar-refractivity contribution >= 4 is 11.8 Å². The number of hydrogen-bond acceptors (Lipinski definition) is 3. The number of amides is 2. The molecule has 0 radical (unpaired) electrons. The number of benzene rings is 2. The molecule has 148 valence electrons. The highest BCUT2D eigenvalue weighted by molar-refractivity contribution is 5.95. The minimum Gasteiger partial charge on any atom is -0.508 e. The van der Waals surface area contributed by atoms with E-state index in [4.69, 9.17) is 0 Å². The van der Waals surface area contributed by atoms with Crippen LogP contribution in [0.4, 0.5) is 0 Å². The highest BCUT2D eigenvalue weighted by Gasteiger charge is 2.24. The van der Waals surface area contributed by atoms with Gasteiger partial charge in [0, 0.05) is 37.3 Å². The van der Waals surface area contributed by atoms with E-state index >= 15 is 0 Å². The van der Waals surface area contributed by atoms with Gasteiger partial charge in [-0.1, -0.05) is 39.0 Å². The Morgan fingerprint density at radius 1 is 0.821 bits per heavy atom. The molecule has 2 aromatic carbocycles. The maximum atomic E-state index is 12.9. The number of hydrogen-bond donors (Lipinski definition) is 1. The second-order valence-corrected chi connectivity index (χ2v) is 8.32. The maximum Gasteiger partial charge on any atom is 0.254 e. The van der Waals surface area contributed by atoms with Gasteiger partial charge in [-0.3, -0.25) is 9.59 Å². The van der Waals surface area contributed by atoms with Gasteiger partial charge in [0.15, 0.2) is 0 Å². The Hall–Kier alpha value is -2.82. The molecule has 0 bridgehead atoms. The molecule has 1 N–H and O–H groups in total. The lowest BCUT2D eigenvalue weighted by Crippen LogP contribution is -2.37. The van der Waals surface area contributed by atoms with Crippen molar-refractivity contribution in [2.75, 3.05) is 26.2 Å². The van der Waals surface area contributed by atoms with Crippen molar-refractivity contribution in [2.45, 2.75) is 32.6 Å². The molecule has 5 heteroatoms. The van der Waals surface area contributed by atoms with Crippen LogP contribution < -0.4 is 0 Å². The first-order chi connectivity index (χ1) is 13.3. The first-order valence-electron chi connectivity index (χ1n) is 9.74. The first kappa shape index (κ1) is 19.9. The number of carbonyl (C=O) groups is 2. The summed E-state index contributed by atoms with van der Waals surface area (Å²) in [6, 6.07) is 14.2. The Balaban J connectivity index is 1.66. The molecule has 0 unspecified atom stereocenters. The van der Waals surface area contributed by atoms with Gasteiger partial charge < -0.3 is 14.9 Å². The van der Waals surface area contributed by atoms with E-state index in [1.54, 1.807) is 23.1 Å². The molecule has 0 atom stereocenters. The van der Waals surface area contributed by atoms with Crippen molar-refractivity contribution in [1.82, 2.24) is 9.80 Å². The fourth-order valence-electron chi connectivity index (χ4n) is 3.44. The smallest absolute Gasteiger partial charge is 0.254 e. The maximum absolute atomic E-state index is 12.9. The van der Waals surface area contributed by atoms with Crippen LogP contribution in [0.2, 0.25) is 0 Å². The van der Waals surface area contributed by atoms with E-state index < -0.39 is 0 Å². The van der Waals surface area contributed by atoms with E-state index in [2.05, 4.69) is 20.8 Å². The molecule has 2 amide bonds. The molecular weight excluding hydrogens is 352 g/mol. The van der Waals surface area contributed by atoms with Crippen LogP contribution in [0.5, 0.6) is 5.75 Å². The molecule has 5 nitrogen and oxygen atoms in total. The third-order valence-electron chi connectivity index (χ3n) is 5.16. The van der Waals surface area contributed by atoms with Gasteiger partial charge in [-0.05, 0) is 47.7 Å². The van der Waals surface area contributed by atoms with Gasteiger partial charge in [-0.2, -0.15) is 0 Å². The fourth-order valence-corrected chi connectivity index (χ4v) is 3.44. The van der Waals surface area contributed by atoms with E-state index in [1.165, 1.54) is 11.6 Å². The van der Waals surface area contributed by atoms with Gasteiger partial charge in [0.05, 0.1) is 0 Å². The Morgan fingerprint density at radius 3 is 1.93 bits per heavy atom. The number of aromatic hydroxyl groups is 1. The molecule has 28 heavy (non-hydrogen) atoms. The van der Waals surface area contributed by atoms with Gasteiger partial charge in [-0.25, -0.2) is 0 Å². The summed E-state index contributed by atoms with van der Waals surface area (Å²) in [5.74, 6) is -0.0250. The van der Waals surface area contributed by atoms with Crippen molar-refractivity contribution < 1.29 is 14.7 Å². The normalized spacial score (nSPS) is 15.2. The molecule has 1 fully saturated rings. The van der Waals surface area contributed by atoms with E-state index in [-0.39, 0.29) is 23.0 Å². The Bertz CT molecular complexity index is 853. The largest absolute Gasteiger partial charge is 0.508 e. The monoisotopic (exact) mass is 380 g/mol. The van der Waals surface area contributed by atoms with Crippen LogP contribution in [0.15, 0.2) is 48.5 Å². The predicted octanol–water partition coefficient (Wildman–Crippen LogP) is 3.68. The molecule has 2 aromatic rings. The lowest BCUT2D eigenvalue weighted by atomic mass is 9.86. The van der Waals surface area contributed by atoms with Crippen molar-refractivity contribution in [1.29, 1.82) is 0 Å². The van der Waals surface area contributed by atoms with E-state index in [9.17, 15) is 14.7 Å². The first-order valence-corrected chi connectivity index (χ1v) is 9.74. The van der Waals surface area contributed by atoms with Crippen molar-refractivity contribution in [3.63, 3.8) is 0 Å². The lowest BCUT2D eigenvalue weighted by molar-refractivity contribution is 0.0718. The zero-order valence-electron chi connectivity index (χ0n) is 16.8. The minimum atomic E-state index is -0.111. The van der Waals surface area contributed by atoms with E-state index in [0.717, 1.165) is 6.42 Å². The van der Waals surface area contributed by atoms with Crippen LogP contribution in [0.1, 0.15) is 53.5 Å². The Morgan fingerprint density at radius 2 is 1.39 bits per heavy atom. The SMILES string of the molecule is CC(C)(C)c1ccc(C(=O)N2CCCN(C(=O)c3cccc(O)c3)CC2)cc1. The summed E-state index contributed by atoms with van der Waals surface area (Å²) in [6.07, 6.45) is 0.733. The van der Waals surface area contributed by atoms with Crippen LogP contribution in [0, 0.1) is 0 Å². The van der Waals surface area contributed by atoms with Crippen LogP contribution in [-0.4, -0.2) is 52.9 Å². The van der Waals surface area contributed by atoms with Gasteiger partial charge in [0.2, 0.25) is 0 Å². The topological polar surface area (TPSA) is 60.9 Å². The summed E-state index contributed by atoms with van der Waals surface area (Å²) < 4.78 is 0. The van der Waals surface area contributed by atoms with Crippen molar-refractivity contribution in [2.24, 2.45) is 0 Å². The lowest BCUT2D eigenvalue weighted by Gasteiger charge is -2.23. The molecule has 0 aromatic heterocycles. The molecule has 1 aliphatic rings. The van der Waals surface area contributed by atoms with E-state index in [1.807, 2.05) is 29.2 Å². The highest BCUT2D eigenvalue weighted by atomic mass is 16.3. The van der Waals surface area contributed by atoms with Gasteiger partial charge >= 0.3 is 0 Å². The zero-order valence-corrected chi connectivity index (χ0v) is 16.8. The Kier molecular flexibility index (Phi) is 5.73. The highest BCUT2D eigenvalue weighted by Crippen LogP contribution is 2.23. The van der Waals surface area contributed by atoms with Crippen molar-refractivity contribution in [3.05, 3.63) is 65.2 Å². The molecule has 1 saturated heterocycles. The molecule has 3 rings (SSSR count). The van der Waals surface area contributed by atoms with Gasteiger partial charge in [0.1, 0.15) is 5.75 Å². The van der Waals surface area contributed by atoms with Gasteiger partial charge in [0.25, 0.3) is 11.8 Å². The minimum absolute atomic E-state index is 0.00659. The number of phenols is 1. The average Bonchev–Trinajstić information content (AvgIpc) is 2.92. The quantitative estimate of drug-likeness (QED) is 0.865. The molecular formula is C23H28N2O3. The summed E-state index contributed by atoms with van der Waals surface area (Å²) in [5, 5.41) is 9.60. The second kappa shape index (κ2) is 8.05. The summed E-state index contributed by atoms with van der Waals surface area (Å²) in [5.41, 5.74) is 2.40. The summed E-state index contributed by atoms with van der Waals surface area (Å²) in [6.45, 7) is 8.67. The molecule has 0 aliphatic carbocycles. The van der Waals surface area contributed by atoms with Crippen molar-refractivity contribution in [3.8, 4) is 5.75 Å². The molecule has 0 saturated carbocycles. The predicted molar refractivity (Wildman–Crippen MR) is 110 cm³/mol. The standard InChI is InChI=1S/C23H28N2O3/c1-23(2,3)19-10-8-17(9-11-19)21(27)24-12-5-13-25(15-14-24)22(28)18-6-4-7-20(26)16-18/h4,6-11,16,26H,5,12-15H2,1-3H3. The summed E-state index contributed by atoms with van der Waals surface area (Å²) >= 11 is 0. The average molecular weight is 380 g/mol. The fraction of sp³-hybridized carbons (Fsp3) is 0.391. The van der Waals surface area contributed by atoms with Crippen LogP contribution >= 0.6 is 0 Å². The zero-order chi connectivity index (χ0) is 20.3. The van der Waals surface area contributed by atoms with Crippen LogP contribution in [-0.2, 0) is 5.41 Å². The van der Waals surface area contributed by atoms with Gasteiger partial charge in [-0.15, -0.1) is 0 Å². The van der Waals surface area contributed by atoms with Crippen LogP contribution in [0.25, 0.3) is 0 Å². The summed E-state index contributed by atoms with van der Waals surface area (Å²) in [4.78, 5) is 29.2. The number of nitrogens with zero attached hydrogens (tertiary/aromatic N) is 2. The second-order valence-electron chi connectivity index (χ2n) is 8.32. The Labute approximate surface area is 166 Å². The third-order valence-corrected chi connectivity index (χ3v) is 5.16. The van der Waals surface area contributed by atoms with Crippen LogP contribution in [0.3, 0.4) is 0 Å². The number of carbonyl (C=O) groups excluding carboxylic acids is 2. The molecule has 1 aliphatic heterocycles. The molecule has 0 spiro atoms. The summed E-state index contributed by atoms with van der Waals surface area (Å²) in [7, 11) is 0. The number of phenolic OH excluding ortho intramolecular Hbond substituents is 1. The third kappa shape index (κ3) is 4.53. The molecule has 1 heterocycles. The van der Waals surface area contributed by atoms with E-state index in [0.29, 0.717) is 37.3 Å².